The van der Waals surface area contributed by atoms with Gasteiger partial charge < -0.3 is 10.6 Å². The van der Waals surface area contributed by atoms with Gasteiger partial charge in [0.1, 0.15) is 11.6 Å². The molecule has 1 amide bonds. The fraction of sp³-hybridized carbons (Fsp3) is 0.222. The van der Waals surface area contributed by atoms with Gasteiger partial charge in [0.05, 0.1) is 0 Å². The molecule has 0 spiro atoms. The lowest BCUT2D eigenvalue weighted by Gasteiger charge is -2.12. The van der Waals surface area contributed by atoms with Gasteiger partial charge in [0, 0.05) is 59.7 Å². The van der Waals surface area contributed by atoms with Crippen molar-refractivity contribution < 1.29 is 4.79 Å². The first-order chi connectivity index (χ1) is 11.8. The molecule has 24 heavy (non-hydrogen) atoms. The summed E-state index contributed by atoms with van der Waals surface area (Å²) < 4.78 is 0. The van der Waals surface area contributed by atoms with Crippen LogP contribution in [0.4, 0.5) is 11.6 Å². The van der Waals surface area contributed by atoms with Crippen LogP contribution in [0.5, 0.6) is 0 Å². The van der Waals surface area contributed by atoms with Crippen molar-refractivity contribution in [3.63, 3.8) is 0 Å². The van der Waals surface area contributed by atoms with E-state index in [1.54, 1.807) is 18.6 Å². The molecular formula is C18H17N5O. The van der Waals surface area contributed by atoms with Crippen molar-refractivity contribution in [3.05, 3.63) is 43.0 Å². The van der Waals surface area contributed by atoms with E-state index in [4.69, 9.17) is 0 Å². The molecule has 1 aliphatic carbocycles. The number of hydrogen-bond donors (Lipinski definition) is 2. The average Bonchev–Trinajstić information content (AvgIpc) is 3.46. The van der Waals surface area contributed by atoms with Gasteiger partial charge in [-0.05, 0) is 25.0 Å². The third kappa shape index (κ3) is 2.67. The Morgan fingerprint density at radius 3 is 2.75 bits per heavy atom. The Balaban J connectivity index is 1.84. The van der Waals surface area contributed by atoms with Crippen LogP contribution in [0.2, 0.25) is 0 Å². The zero-order chi connectivity index (χ0) is 16.5. The van der Waals surface area contributed by atoms with Crippen LogP contribution in [0, 0.1) is 5.92 Å². The smallest absolute Gasteiger partial charge is 0.228 e. The third-order valence-corrected chi connectivity index (χ3v) is 4.18. The number of hydrogen-bond acceptors (Lipinski definition) is 5. The van der Waals surface area contributed by atoms with Crippen molar-refractivity contribution in [1.82, 2.24) is 15.0 Å². The van der Waals surface area contributed by atoms with Crippen molar-refractivity contribution in [3.8, 4) is 11.1 Å². The molecule has 6 heteroatoms. The molecule has 2 N–H and O–H groups in total. The minimum absolute atomic E-state index is 0.0488. The summed E-state index contributed by atoms with van der Waals surface area (Å²) in [6.45, 7) is 0. The number of nitrogens with one attached hydrogen (secondary N) is 2. The summed E-state index contributed by atoms with van der Waals surface area (Å²) in [5, 5.41) is 7.87. The molecule has 6 nitrogen and oxygen atoms in total. The molecule has 1 aliphatic rings. The van der Waals surface area contributed by atoms with Crippen molar-refractivity contribution in [1.29, 1.82) is 0 Å². The Bertz CT molecular complexity index is 906. The molecular weight excluding hydrogens is 302 g/mol. The van der Waals surface area contributed by atoms with Crippen LogP contribution in [0.1, 0.15) is 12.8 Å². The highest BCUT2D eigenvalue weighted by Gasteiger charge is 2.29. The zero-order valence-corrected chi connectivity index (χ0v) is 13.3. The van der Waals surface area contributed by atoms with Gasteiger partial charge in [-0.15, -0.1) is 0 Å². The first kappa shape index (κ1) is 14.6. The first-order valence-corrected chi connectivity index (χ1v) is 7.94. The molecule has 3 heterocycles. The molecule has 0 atom stereocenters. The lowest BCUT2D eigenvalue weighted by Crippen LogP contribution is -2.14. The SMILES string of the molecule is CNc1ncc(-c2cccnc2)c2cc(NC(=O)C3CC3)ncc12. The quantitative estimate of drug-likeness (QED) is 0.772. The van der Waals surface area contributed by atoms with Gasteiger partial charge in [0.15, 0.2) is 0 Å². The van der Waals surface area contributed by atoms with Gasteiger partial charge in [-0.3, -0.25) is 9.78 Å². The normalized spacial score (nSPS) is 13.7. The van der Waals surface area contributed by atoms with Crippen LogP contribution < -0.4 is 10.6 Å². The number of carbonyl (C=O) groups excluding carboxylic acids is 1. The Morgan fingerprint density at radius 2 is 2.04 bits per heavy atom. The van der Waals surface area contributed by atoms with E-state index in [1.165, 1.54) is 0 Å². The largest absolute Gasteiger partial charge is 0.373 e. The second-order valence-electron chi connectivity index (χ2n) is 5.89. The van der Waals surface area contributed by atoms with Gasteiger partial charge in [-0.2, -0.15) is 0 Å². The van der Waals surface area contributed by atoms with Crippen molar-refractivity contribution in [2.75, 3.05) is 17.7 Å². The van der Waals surface area contributed by atoms with E-state index in [-0.39, 0.29) is 11.8 Å². The maximum atomic E-state index is 12.0. The Morgan fingerprint density at radius 1 is 1.17 bits per heavy atom. The van der Waals surface area contributed by atoms with Crippen LogP contribution >= 0.6 is 0 Å². The van der Waals surface area contributed by atoms with E-state index in [0.717, 1.165) is 40.6 Å². The summed E-state index contributed by atoms with van der Waals surface area (Å²) in [5.74, 6) is 1.52. The van der Waals surface area contributed by atoms with E-state index in [0.29, 0.717) is 5.82 Å². The summed E-state index contributed by atoms with van der Waals surface area (Å²) in [6, 6.07) is 5.79. The lowest BCUT2D eigenvalue weighted by molar-refractivity contribution is -0.117. The summed E-state index contributed by atoms with van der Waals surface area (Å²) in [5.41, 5.74) is 1.93. The van der Waals surface area contributed by atoms with E-state index in [2.05, 4.69) is 25.6 Å². The van der Waals surface area contributed by atoms with Gasteiger partial charge in [0.25, 0.3) is 0 Å². The molecule has 0 aliphatic heterocycles. The standard InChI is InChI=1S/C18H17N5O/c1-19-17-15-10-21-16(23-18(24)11-4-5-11)7-13(15)14(9-22-17)12-3-2-6-20-8-12/h2-3,6-11H,4-5H2,1H3,(H,19,22)(H,21,23,24). The Kier molecular flexibility index (Phi) is 3.57. The molecule has 1 saturated carbocycles. The molecule has 0 bridgehead atoms. The topological polar surface area (TPSA) is 79.8 Å². The Labute approximate surface area is 139 Å². The average molecular weight is 319 g/mol. The summed E-state index contributed by atoms with van der Waals surface area (Å²) in [4.78, 5) is 25.0. The minimum Gasteiger partial charge on any atom is -0.373 e. The van der Waals surface area contributed by atoms with E-state index < -0.39 is 0 Å². The molecule has 0 aromatic carbocycles. The van der Waals surface area contributed by atoms with Gasteiger partial charge in [-0.25, -0.2) is 9.97 Å². The molecule has 4 rings (SSSR count). The number of fused-ring (bicyclic) bond motifs is 1. The van der Waals surface area contributed by atoms with Gasteiger partial charge in [-0.1, -0.05) is 6.07 Å². The monoisotopic (exact) mass is 319 g/mol. The molecule has 0 unspecified atom stereocenters. The van der Waals surface area contributed by atoms with Crippen molar-refractivity contribution >= 4 is 28.3 Å². The third-order valence-electron chi connectivity index (χ3n) is 4.18. The molecule has 3 aromatic rings. The highest BCUT2D eigenvalue weighted by molar-refractivity contribution is 6.03. The molecule has 0 radical (unpaired) electrons. The van der Waals surface area contributed by atoms with E-state index in [1.807, 2.05) is 31.4 Å². The predicted molar refractivity (Wildman–Crippen MR) is 93.7 cm³/mol. The summed E-state index contributed by atoms with van der Waals surface area (Å²) >= 11 is 0. The fourth-order valence-corrected chi connectivity index (χ4v) is 2.73. The highest BCUT2D eigenvalue weighted by Crippen LogP contribution is 2.33. The predicted octanol–water partition coefficient (Wildman–Crippen LogP) is 3.08. The number of pyridine rings is 3. The Hall–Kier alpha value is -3.02. The van der Waals surface area contributed by atoms with Crippen molar-refractivity contribution in [2.45, 2.75) is 12.8 Å². The molecule has 3 aromatic heterocycles. The molecule has 120 valence electrons. The van der Waals surface area contributed by atoms with Gasteiger partial charge in [0.2, 0.25) is 5.91 Å². The van der Waals surface area contributed by atoms with Crippen LogP contribution in [-0.2, 0) is 4.79 Å². The maximum Gasteiger partial charge on any atom is 0.228 e. The number of anilines is 2. The highest BCUT2D eigenvalue weighted by atomic mass is 16.2. The van der Waals surface area contributed by atoms with Crippen LogP contribution in [-0.4, -0.2) is 27.9 Å². The summed E-state index contributed by atoms with van der Waals surface area (Å²) in [7, 11) is 1.83. The maximum absolute atomic E-state index is 12.0. The molecule has 0 saturated heterocycles. The van der Waals surface area contributed by atoms with Crippen LogP contribution in [0.25, 0.3) is 21.9 Å². The van der Waals surface area contributed by atoms with Crippen molar-refractivity contribution in [2.24, 2.45) is 5.92 Å². The molecule has 1 fully saturated rings. The number of rotatable bonds is 4. The van der Waals surface area contributed by atoms with Gasteiger partial charge >= 0.3 is 0 Å². The second kappa shape index (κ2) is 5.88. The van der Waals surface area contributed by atoms with Crippen LogP contribution in [0.15, 0.2) is 43.0 Å². The fourth-order valence-electron chi connectivity index (χ4n) is 2.73. The van der Waals surface area contributed by atoms with Crippen LogP contribution in [0.3, 0.4) is 0 Å². The summed E-state index contributed by atoms with van der Waals surface area (Å²) in [6.07, 6.45) is 9.04. The number of nitrogens with zero attached hydrogens (tertiary/aromatic N) is 3. The first-order valence-electron chi connectivity index (χ1n) is 7.94. The minimum atomic E-state index is 0.0488. The van der Waals surface area contributed by atoms with E-state index >= 15 is 0 Å². The number of aromatic nitrogens is 3. The lowest BCUT2D eigenvalue weighted by atomic mass is 10.0. The second-order valence-corrected chi connectivity index (χ2v) is 5.89. The number of carbonyl (C=O) groups is 1. The zero-order valence-electron chi connectivity index (χ0n) is 13.3. The van der Waals surface area contributed by atoms with E-state index in [9.17, 15) is 4.79 Å². The number of amides is 1.